The lowest BCUT2D eigenvalue weighted by molar-refractivity contribution is -0.132. The standard InChI is InChI=1S/C14H22N2O/c1-3-16(11-7-10-15)14(17)12(2)13-8-5-4-6-9-13/h4-6,8-9,12H,3,7,10-11,15H2,1-2H3. The molecule has 0 fully saturated rings. The zero-order valence-electron chi connectivity index (χ0n) is 10.7. The molecule has 0 aliphatic carbocycles. The van der Waals surface area contributed by atoms with Gasteiger partial charge in [0.2, 0.25) is 5.91 Å². The largest absolute Gasteiger partial charge is 0.342 e. The third-order valence-electron chi connectivity index (χ3n) is 3.00. The van der Waals surface area contributed by atoms with E-state index in [0.717, 1.165) is 25.1 Å². The van der Waals surface area contributed by atoms with Crippen LogP contribution in [-0.4, -0.2) is 30.4 Å². The van der Waals surface area contributed by atoms with Gasteiger partial charge in [-0.15, -0.1) is 0 Å². The summed E-state index contributed by atoms with van der Waals surface area (Å²) in [6.45, 7) is 6.09. The van der Waals surface area contributed by atoms with Crippen molar-refractivity contribution in [3.8, 4) is 0 Å². The molecule has 1 atom stereocenters. The van der Waals surface area contributed by atoms with Gasteiger partial charge in [-0.05, 0) is 32.4 Å². The summed E-state index contributed by atoms with van der Waals surface area (Å²) in [7, 11) is 0. The maximum atomic E-state index is 12.3. The van der Waals surface area contributed by atoms with Gasteiger partial charge in [-0.1, -0.05) is 30.3 Å². The second kappa shape index (κ2) is 7.07. The topological polar surface area (TPSA) is 46.3 Å². The summed E-state index contributed by atoms with van der Waals surface area (Å²) in [5.74, 6) is 0.112. The van der Waals surface area contributed by atoms with Gasteiger partial charge in [0, 0.05) is 13.1 Å². The number of amides is 1. The van der Waals surface area contributed by atoms with Crippen LogP contribution in [0, 0.1) is 0 Å². The molecule has 0 radical (unpaired) electrons. The third-order valence-corrected chi connectivity index (χ3v) is 3.00. The van der Waals surface area contributed by atoms with Crippen molar-refractivity contribution in [2.45, 2.75) is 26.2 Å². The Labute approximate surface area is 104 Å². The molecule has 0 spiro atoms. The second-order valence-electron chi connectivity index (χ2n) is 4.19. The molecule has 1 aromatic carbocycles. The van der Waals surface area contributed by atoms with Gasteiger partial charge in [0.15, 0.2) is 0 Å². The van der Waals surface area contributed by atoms with Gasteiger partial charge in [0.1, 0.15) is 0 Å². The maximum Gasteiger partial charge on any atom is 0.229 e. The van der Waals surface area contributed by atoms with Gasteiger partial charge in [-0.2, -0.15) is 0 Å². The molecule has 0 aliphatic rings. The minimum Gasteiger partial charge on any atom is -0.342 e. The number of nitrogens with zero attached hydrogens (tertiary/aromatic N) is 1. The minimum absolute atomic E-state index is 0.0751. The minimum atomic E-state index is -0.0751. The van der Waals surface area contributed by atoms with E-state index in [-0.39, 0.29) is 11.8 Å². The molecule has 3 nitrogen and oxygen atoms in total. The van der Waals surface area contributed by atoms with Crippen molar-refractivity contribution in [2.24, 2.45) is 5.73 Å². The Hall–Kier alpha value is -1.35. The molecule has 1 aromatic rings. The highest BCUT2D eigenvalue weighted by Crippen LogP contribution is 2.17. The van der Waals surface area contributed by atoms with Gasteiger partial charge in [0.25, 0.3) is 0 Å². The number of nitrogens with two attached hydrogens (primary N) is 1. The van der Waals surface area contributed by atoms with Crippen LogP contribution in [-0.2, 0) is 4.79 Å². The van der Waals surface area contributed by atoms with Crippen molar-refractivity contribution in [2.75, 3.05) is 19.6 Å². The van der Waals surface area contributed by atoms with Crippen LogP contribution in [0.15, 0.2) is 30.3 Å². The summed E-state index contributed by atoms with van der Waals surface area (Å²) in [4.78, 5) is 14.1. The molecule has 0 saturated carbocycles. The molecule has 0 aliphatic heterocycles. The summed E-state index contributed by atoms with van der Waals surface area (Å²) < 4.78 is 0. The van der Waals surface area contributed by atoms with Gasteiger partial charge >= 0.3 is 0 Å². The van der Waals surface area contributed by atoms with E-state index in [4.69, 9.17) is 5.73 Å². The van der Waals surface area contributed by atoms with E-state index in [0.29, 0.717) is 6.54 Å². The molecule has 0 aromatic heterocycles. The van der Waals surface area contributed by atoms with Gasteiger partial charge in [-0.3, -0.25) is 4.79 Å². The summed E-state index contributed by atoms with van der Waals surface area (Å²) in [5.41, 5.74) is 6.55. The maximum absolute atomic E-state index is 12.3. The van der Waals surface area contributed by atoms with Crippen molar-refractivity contribution in [1.29, 1.82) is 0 Å². The number of hydrogen-bond donors (Lipinski definition) is 1. The van der Waals surface area contributed by atoms with Crippen LogP contribution in [0.1, 0.15) is 31.7 Å². The first-order chi connectivity index (χ1) is 8.20. The van der Waals surface area contributed by atoms with Crippen molar-refractivity contribution in [3.63, 3.8) is 0 Å². The predicted molar refractivity (Wildman–Crippen MR) is 70.8 cm³/mol. The lowest BCUT2D eigenvalue weighted by atomic mass is 10.00. The predicted octanol–water partition coefficient (Wildman–Crippen LogP) is 1.99. The third kappa shape index (κ3) is 3.86. The van der Waals surface area contributed by atoms with E-state index in [9.17, 15) is 4.79 Å². The summed E-state index contributed by atoms with van der Waals surface area (Å²) >= 11 is 0. The number of likely N-dealkylation sites (N-methyl/N-ethyl adjacent to an activating group) is 1. The summed E-state index contributed by atoms with van der Waals surface area (Å²) in [5, 5.41) is 0. The van der Waals surface area contributed by atoms with Crippen molar-refractivity contribution in [3.05, 3.63) is 35.9 Å². The number of carbonyl (C=O) groups is 1. The molecular formula is C14H22N2O. The lowest BCUT2D eigenvalue weighted by Gasteiger charge is -2.24. The number of rotatable bonds is 6. The monoisotopic (exact) mass is 234 g/mol. The zero-order chi connectivity index (χ0) is 12.7. The molecule has 3 heteroatoms. The van der Waals surface area contributed by atoms with Crippen LogP contribution in [0.25, 0.3) is 0 Å². The SMILES string of the molecule is CCN(CCCN)C(=O)C(C)c1ccccc1. The Morgan fingerprint density at radius 2 is 2.00 bits per heavy atom. The van der Waals surface area contributed by atoms with E-state index >= 15 is 0 Å². The molecule has 1 rings (SSSR count). The zero-order valence-corrected chi connectivity index (χ0v) is 10.7. The molecular weight excluding hydrogens is 212 g/mol. The fraction of sp³-hybridized carbons (Fsp3) is 0.500. The number of benzene rings is 1. The Balaban J connectivity index is 2.67. The molecule has 1 unspecified atom stereocenters. The van der Waals surface area contributed by atoms with Crippen LogP contribution in [0.5, 0.6) is 0 Å². The molecule has 17 heavy (non-hydrogen) atoms. The average Bonchev–Trinajstić information content (AvgIpc) is 2.39. The average molecular weight is 234 g/mol. The van der Waals surface area contributed by atoms with Crippen molar-refractivity contribution < 1.29 is 4.79 Å². The summed E-state index contributed by atoms with van der Waals surface area (Å²) in [6.07, 6.45) is 0.862. The Kier molecular flexibility index (Phi) is 5.70. The Bertz CT molecular complexity index is 337. The van der Waals surface area contributed by atoms with Crippen LogP contribution in [0.2, 0.25) is 0 Å². The van der Waals surface area contributed by atoms with Crippen LogP contribution in [0.3, 0.4) is 0 Å². The van der Waals surface area contributed by atoms with Crippen molar-refractivity contribution in [1.82, 2.24) is 4.90 Å². The number of carbonyl (C=O) groups excluding carboxylic acids is 1. The van der Waals surface area contributed by atoms with Crippen LogP contribution < -0.4 is 5.73 Å². The normalized spacial score (nSPS) is 12.2. The quantitative estimate of drug-likeness (QED) is 0.818. The second-order valence-corrected chi connectivity index (χ2v) is 4.19. The first-order valence-corrected chi connectivity index (χ1v) is 6.24. The molecule has 0 saturated heterocycles. The first-order valence-electron chi connectivity index (χ1n) is 6.24. The fourth-order valence-corrected chi connectivity index (χ4v) is 1.86. The highest BCUT2D eigenvalue weighted by Gasteiger charge is 2.19. The number of hydrogen-bond acceptors (Lipinski definition) is 2. The smallest absolute Gasteiger partial charge is 0.229 e. The molecule has 0 heterocycles. The highest BCUT2D eigenvalue weighted by molar-refractivity contribution is 5.83. The van der Waals surface area contributed by atoms with E-state index in [2.05, 4.69) is 0 Å². The van der Waals surface area contributed by atoms with Gasteiger partial charge < -0.3 is 10.6 Å². The van der Waals surface area contributed by atoms with E-state index < -0.39 is 0 Å². The van der Waals surface area contributed by atoms with Crippen LogP contribution in [0.4, 0.5) is 0 Å². The van der Waals surface area contributed by atoms with E-state index in [1.807, 2.05) is 49.1 Å². The van der Waals surface area contributed by atoms with Gasteiger partial charge in [-0.25, -0.2) is 0 Å². The molecule has 94 valence electrons. The molecule has 0 bridgehead atoms. The molecule has 2 N–H and O–H groups in total. The van der Waals surface area contributed by atoms with Crippen molar-refractivity contribution >= 4 is 5.91 Å². The van der Waals surface area contributed by atoms with E-state index in [1.165, 1.54) is 0 Å². The Morgan fingerprint density at radius 1 is 1.35 bits per heavy atom. The lowest BCUT2D eigenvalue weighted by Crippen LogP contribution is -2.35. The fourth-order valence-electron chi connectivity index (χ4n) is 1.86. The molecule has 1 amide bonds. The van der Waals surface area contributed by atoms with Crippen LogP contribution >= 0.6 is 0 Å². The van der Waals surface area contributed by atoms with E-state index in [1.54, 1.807) is 0 Å². The van der Waals surface area contributed by atoms with Gasteiger partial charge in [0.05, 0.1) is 5.92 Å². The first kappa shape index (κ1) is 13.7. The highest BCUT2D eigenvalue weighted by atomic mass is 16.2. The summed E-state index contributed by atoms with van der Waals surface area (Å²) in [6, 6.07) is 9.90. The Morgan fingerprint density at radius 3 is 2.53 bits per heavy atom.